The van der Waals surface area contributed by atoms with Crippen molar-refractivity contribution in [3.63, 3.8) is 0 Å². The number of alkyl halides is 1. The van der Waals surface area contributed by atoms with Crippen molar-refractivity contribution >= 4 is 11.6 Å². The summed E-state index contributed by atoms with van der Waals surface area (Å²) in [5.74, 6) is 4.57. The first-order valence-electron chi connectivity index (χ1n) is 14.5. The number of rotatable bonds is 2. The molecule has 12 atom stereocenters. The summed E-state index contributed by atoms with van der Waals surface area (Å²) in [7, 11) is 0. The highest BCUT2D eigenvalue weighted by molar-refractivity contribution is 6.18. The van der Waals surface area contributed by atoms with Crippen molar-refractivity contribution in [1.82, 2.24) is 4.90 Å². The monoisotopic (exact) mass is 487 g/mol. The second kappa shape index (κ2) is 7.27. The van der Waals surface area contributed by atoms with Gasteiger partial charge in [-0.2, -0.15) is 0 Å². The Kier molecular flexibility index (Phi) is 4.93. The summed E-state index contributed by atoms with van der Waals surface area (Å²) in [6.45, 7) is 12.4. The van der Waals surface area contributed by atoms with Crippen LogP contribution in [0.3, 0.4) is 0 Å². The van der Waals surface area contributed by atoms with Gasteiger partial charge in [0.05, 0.1) is 17.8 Å². The van der Waals surface area contributed by atoms with Crippen LogP contribution in [-0.4, -0.2) is 52.8 Å². The molecule has 0 radical (unpaired) electrons. The van der Waals surface area contributed by atoms with Crippen LogP contribution in [0.4, 0.5) is 0 Å². The number of aliphatic hydroxyl groups is 1. The number of halogens is 1. The van der Waals surface area contributed by atoms with Crippen LogP contribution in [0.2, 0.25) is 0 Å². The first-order valence-corrected chi connectivity index (χ1v) is 15.1. The second-order valence-electron chi connectivity index (χ2n) is 14.4. The van der Waals surface area contributed by atoms with Crippen molar-refractivity contribution in [2.24, 2.45) is 45.8 Å². The third-order valence-corrected chi connectivity index (χ3v) is 13.5. The molecule has 34 heavy (non-hydrogen) atoms. The van der Waals surface area contributed by atoms with Gasteiger partial charge in [-0.1, -0.05) is 39.3 Å². The van der Waals surface area contributed by atoms with E-state index in [0.29, 0.717) is 40.2 Å². The number of nitrogens with zero attached hydrogens (tertiary/aromatic N) is 1. The van der Waals surface area contributed by atoms with Gasteiger partial charge in [0, 0.05) is 36.3 Å². The molecule has 190 valence electrons. The van der Waals surface area contributed by atoms with E-state index in [1.54, 1.807) is 5.57 Å². The molecule has 2 saturated heterocycles. The Balaban J connectivity index is 1.21. The van der Waals surface area contributed by atoms with Crippen LogP contribution in [0.1, 0.15) is 85.5 Å². The van der Waals surface area contributed by atoms with Crippen LogP contribution in [0.25, 0.3) is 0 Å². The van der Waals surface area contributed by atoms with Gasteiger partial charge in [0.15, 0.2) is 0 Å². The van der Waals surface area contributed by atoms with Crippen LogP contribution in [0.15, 0.2) is 11.6 Å². The van der Waals surface area contributed by atoms with E-state index in [2.05, 4.69) is 38.7 Å². The van der Waals surface area contributed by atoms with Gasteiger partial charge in [-0.25, -0.2) is 0 Å². The number of fused-ring (bicyclic) bond motifs is 6. The molecule has 0 aromatic rings. The van der Waals surface area contributed by atoms with Crippen LogP contribution in [-0.2, 0) is 4.74 Å². The summed E-state index contributed by atoms with van der Waals surface area (Å²) in [5, 5.41) is 10.4. The number of piperidine rings is 1. The first-order chi connectivity index (χ1) is 16.2. The Morgan fingerprint density at radius 1 is 1.18 bits per heavy atom. The van der Waals surface area contributed by atoms with Crippen molar-refractivity contribution in [3.8, 4) is 0 Å². The lowest BCUT2D eigenvalue weighted by Gasteiger charge is -2.50. The van der Waals surface area contributed by atoms with E-state index >= 15 is 0 Å². The molecule has 4 heteroatoms. The highest BCUT2D eigenvalue weighted by Gasteiger charge is 2.84. The predicted molar refractivity (Wildman–Crippen MR) is 137 cm³/mol. The fourth-order valence-electron chi connectivity index (χ4n) is 11.8. The molecule has 4 saturated carbocycles. The summed E-state index contributed by atoms with van der Waals surface area (Å²) in [4.78, 5) is 2.70. The maximum atomic E-state index is 10.4. The Bertz CT molecular complexity index is 906. The predicted octanol–water partition coefficient (Wildman–Crippen LogP) is 6.03. The Morgan fingerprint density at radius 2 is 2.00 bits per heavy atom. The van der Waals surface area contributed by atoms with Gasteiger partial charge in [0.25, 0.3) is 0 Å². The van der Waals surface area contributed by atoms with Gasteiger partial charge < -0.3 is 9.84 Å². The van der Waals surface area contributed by atoms with Crippen LogP contribution in [0.5, 0.6) is 0 Å². The van der Waals surface area contributed by atoms with Crippen molar-refractivity contribution in [1.29, 1.82) is 0 Å². The molecule has 0 aromatic carbocycles. The number of likely N-dealkylation sites (tertiary alicyclic amines) is 1. The molecule has 7 aliphatic rings. The fourth-order valence-corrected chi connectivity index (χ4v) is 12.0. The van der Waals surface area contributed by atoms with Crippen molar-refractivity contribution in [3.05, 3.63) is 11.6 Å². The molecule has 0 bridgehead atoms. The van der Waals surface area contributed by atoms with E-state index in [1.807, 2.05) is 0 Å². The first kappa shape index (κ1) is 23.1. The Labute approximate surface area is 212 Å². The standard InChI is InChI=1S/C30H46ClNO2/c1-18-13-25-26(32(16-18)12-11-31)19(2)30(34-25)10-8-23-22-6-5-20-14-21(33)7-9-27(20,3)24(22)15-29(23)17-28(29,30)4/h5,18-19,21-26,33H,6-17H2,1-4H3/t18-,19+,21-,22-,23-,24-,25+,26-,27-,28+,29?,30+/m0/s1. The van der Waals surface area contributed by atoms with E-state index in [4.69, 9.17) is 16.3 Å². The Morgan fingerprint density at radius 3 is 2.79 bits per heavy atom. The molecule has 0 amide bonds. The molecular weight excluding hydrogens is 442 g/mol. The van der Waals surface area contributed by atoms with Crippen molar-refractivity contribution < 1.29 is 9.84 Å². The van der Waals surface area contributed by atoms with Crippen LogP contribution >= 0.6 is 11.6 Å². The van der Waals surface area contributed by atoms with Crippen LogP contribution < -0.4 is 0 Å². The number of aliphatic hydroxyl groups excluding tert-OH is 1. The highest BCUT2D eigenvalue weighted by Crippen LogP contribution is 2.87. The van der Waals surface area contributed by atoms with E-state index in [1.165, 1.54) is 51.5 Å². The highest BCUT2D eigenvalue weighted by atomic mass is 35.5. The molecule has 7 rings (SSSR count). The number of hydrogen-bond donors (Lipinski definition) is 1. The van der Waals surface area contributed by atoms with E-state index < -0.39 is 0 Å². The number of ether oxygens (including phenoxy) is 1. The third kappa shape index (κ3) is 2.62. The largest absolute Gasteiger partial charge is 0.393 e. The zero-order chi connectivity index (χ0) is 23.7. The molecule has 2 aliphatic heterocycles. The average Bonchev–Trinajstić information content (AvgIpc) is 3.13. The molecule has 0 aromatic heterocycles. The van der Waals surface area contributed by atoms with Gasteiger partial charge >= 0.3 is 0 Å². The molecule has 6 fully saturated rings. The lowest BCUT2D eigenvalue weighted by atomic mass is 9.56. The molecule has 5 aliphatic carbocycles. The minimum absolute atomic E-state index is 0.0564. The topological polar surface area (TPSA) is 32.7 Å². The summed E-state index contributed by atoms with van der Waals surface area (Å²) < 4.78 is 7.38. The molecule has 2 heterocycles. The second-order valence-corrected chi connectivity index (χ2v) is 14.8. The maximum absolute atomic E-state index is 10.4. The van der Waals surface area contributed by atoms with Gasteiger partial charge in [0.2, 0.25) is 0 Å². The lowest BCUT2D eigenvalue weighted by Crippen LogP contribution is -2.54. The summed E-state index contributed by atoms with van der Waals surface area (Å²) in [5.41, 5.74) is 2.81. The Hall–Kier alpha value is -0.0900. The third-order valence-electron chi connectivity index (χ3n) is 13.3. The SMILES string of the molecule is C[C@H]1C[C@H]2O[C@]3(CC[C@H]4[C@@H]5CC=C6C[C@@H](O)CC[C@]6(C)[C@H]5CC45C[C@]53C)[C@H](C)[C@@H]2N(CCCl)C1. The van der Waals surface area contributed by atoms with E-state index in [9.17, 15) is 5.11 Å². The lowest BCUT2D eigenvalue weighted by molar-refractivity contribution is -0.148. The molecule has 1 unspecified atom stereocenters. The number of allylic oxidation sites excluding steroid dienone is 1. The smallest absolute Gasteiger partial charge is 0.0787 e. The minimum atomic E-state index is -0.110. The number of hydrogen-bond acceptors (Lipinski definition) is 3. The summed E-state index contributed by atoms with van der Waals surface area (Å²) >= 11 is 6.28. The van der Waals surface area contributed by atoms with Crippen molar-refractivity contribution in [2.75, 3.05) is 19.0 Å². The molecule has 3 nitrogen and oxygen atoms in total. The molecule has 2 spiro atoms. The average molecular weight is 488 g/mol. The molecule has 1 N–H and O–H groups in total. The molecular formula is C30H46ClNO2. The van der Waals surface area contributed by atoms with Gasteiger partial charge in [-0.05, 0) is 92.3 Å². The summed E-state index contributed by atoms with van der Waals surface area (Å²) in [6.07, 6.45) is 13.9. The van der Waals surface area contributed by atoms with Gasteiger partial charge in [-0.3, -0.25) is 4.90 Å². The maximum Gasteiger partial charge on any atom is 0.0787 e. The van der Waals surface area contributed by atoms with Gasteiger partial charge in [-0.15, -0.1) is 11.6 Å². The minimum Gasteiger partial charge on any atom is -0.393 e. The normalized spacial score (nSPS) is 60.1. The summed E-state index contributed by atoms with van der Waals surface area (Å²) in [6, 6.07) is 0.551. The van der Waals surface area contributed by atoms with Crippen molar-refractivity contribution in [2.45, 2.75) is 109 Å². The fraction of sp³-hybridized carbons (Fsp3) is 0.933. The van der Waals surface area contributed by atoms with Gasteiger partial charge in [0.1, 0.15) is 0 Å². The zero-order valence-corrected chi connectivity index (χ0v) is 22.6. The quantitative estimate of drug-likeness (QED) is 0.381. The van der Waals surface area contributed by atoms with Crippen LogP contribution in [0, 0.1) is 45.8 Å². The zero-order valence-electron chi connectivity index (χ0n) is 21.9. The van der Waals surface area contributed by atoms with E-state index in [-0.39, 0.29) is 11.7 Å². The van der Waals surface area contributed by atoms with E-state index in [0.717, 1.165) is 43.0 Å².